The van der Waals surface area contributed by atoms with Crippen molar-refractivity contribution < 1.29 is 0 Å². The summed E-state index contributed by atoms with van der Waals surface area (Å²) in [7, 11) is 0. The summed E-state index contributed by atoms with van der Waals surface area (Å²) >= 11 is 3.75. The van der Waals surface area contributed by atoms with E-state index in [9.17, 15) is 0 Å². The summed E-state index contributed by atoms with van der Waals surface area (Å²) in [6.07, 6.45) is 0. The number of hydrogen-bond acceptors (Lipinski definition) is 3. The predicted octanol–water partition coefficient (Wildman–Crippen LogP) is 17.5. The molecule has 0 unspecified atom stereocenters. The van der Waals surface area contributed by atoms with E-state index >= 15 is 0 Å². The topological polar surface area (TPSA) is 8.17 Å². The minimum absolute atomic E-state index is 1.12. The van der Waals surface area contributed by atoms with Gasteiger partial charge in [0.25, 0.3) is 0 Å². The summed E-state index contributed by atoms with van der Waals surface area (Å²) in [5.74, 6) is 0. The molecule has 0 aliphatic carbocycles. The van der Waals surface area contributed by atoms with E-state index in [2.05, 4.69) is 228 Å². The largest absolute Gasteiger partial charge is 0.310 e. The number of nitrogens with zero attached hydrogens (tertiary/aromatic N) is 2. The number of anilines is 3. The molecule has 62 heavy (non-hydrogen) atoms. The Morgan fingerprint density at radius 2 is 1.05 bits per heavy atom. The van der Waals surface area contributed by atoms with Crippen LogP contribution in [0, 0.1) is 0 Å². The Labute approximate surface area is 366 Å². The standard InChI is InChI=1S/C58H36N2S2/c1-3-13-38(14-4-1)45-20-11-21-49-47-34-31-43(36-55(47)62-58(45)49)59(51-22-12-24-54-56(51)50-19-9-10-23-53(50)61-54)42-29-25-37(26-30-42)40-28-32-46-48-33-27-39-15-7-8-18-44(39)57(48)60(52(46)35-40)41-16-5-2-6-17-41/h1-36H. The summed E-state index contributed by atoms with van der Waals surface area (Å²) in [6, 6.07) is 80.3. The number of fused-ring (bicyclic) bond motifs is 11. The highest BCUT2D eigenvalue weighted by Gasteiger charge is 2.21. The Morgan fingerprint density at radius 3 is 1.92 bits per heavy atom. The molecule has 3 aromatic heterocycles. The third kappa shape index (κ3) is 5.47. The number of para-hydroxylation sites is 1. The number of thiophene rings is 2. The molecule has 13 aromatic rings. The molecule has 0 saturated heterocycles. The molecule has 290 valence electrons. The molecule has 4 heteroatoms. The molecule has 0 aliphatic rings. The van der Waals surface area contributed by atoms with Gasteiger partial charge in [-0.25, -0.2) is 0 Å². The van der Waals surface area contributed by atoms with Crippen molar-refractivity contribution in [1.82, 2.24) is 4.57 Å². The van der Waals surface area contributed by atoms with Crippen molar-refractivity contribution in [2.45, 2.75) is 0 Å². The van der Waals surface area contributed by atoms with E-state index < -0.39 is 0 Å². The first kappa shape index (κ1) is 35.3. The van der Waals surface area contributed by atoms with Gasteiger partial charge in [0.1, 0.15) is 0 Å². The predicted molar refractivity (Wildman–Crippen MR) is 270 cm³/mol. The second-order valence-corrected chi connectivity index (χ2v) is 18.2. The molecular formula is C58H36N2S2. The maximum atomic E-state index is 2.47. The number of benzene rings is 10. The van der Waals surface area contributed by atoms with Crippen LogP contribution in [0.4, 0.5) is 17.1 Å². The van der Waals surface area contributed by atoms with Crippen LogP contribution >= 0.6 is 22.7 Å². The Morgan fingerprint density at radius 1 is 0.371 bits per heavy atom. The van der Waals surface area contributed by atoms with E-state index in [1.165, 1.54) is 101 Å². The smallest absolute Gasteiger partial charge is 0.0619 e. The van der Waals surface area contributed by atoms with Gasteiger partial charge in [0, 0.05) is 73.6 Å². The first-order valence-electron chi connectivity index (χ1n) is 21.1. The lowest BCUT2D eigenvalue weighted by Gasteiger charge is -2.27. The van der Waals surface area contributed by atoms with E-state index in [4.69, 9.17) is 0 Å². The van der Waals surface area contributed by atoms with E-state index in [1.807, 2.05) is 22.7 Å². The van der Waals surface area contributed by atoms with Gasteiger partial charge < -0.3 is 9.47 Å². The van der Waals surface area contributed by atoms with Crippen LogP contribution in [0.25, 0.3) is 101 Å². The van der Waals surface area contributed by atoms with Gasteiger partial charge in [-0.3, -0.25) is 0 Å². The normalized spacial score (nSPS) is 11.9. The number of aromatic nitrogens is 1. The number of rotatable bonds is 6. The molecule has 3 heterocycles. The summed E-state index contributed by atoms with van der Waals surface area (Å²) in [4.78, 5) is 2.47. The average Bonchev–Trinajstić information content (AvgIpc) is 4.02. The van der Waals surface area contributed by atoms with Crippen molar-refractivity contribution in [2.24, 2.45) is 0 Å². The van der Waals surface area contributed by atoms with Gasteiger partial charge >= 0.3 is 0 Å². The van der Waals surface area contributed by atoms with E-state index in [-0.39, 0.29) is 0 Å². The van der Waals surface area contributed by atoms with Crippen LogP contribution in [-0.2, 0) is 0 Å². The van der Waals surface area contributed by atoms with Gasteiger partial charge in [0.15, 0.2) is 0 Å². The molecule has 10 aromatic carbocycles. The van der Waals surface area contributed by atoms with Crippen LogP contribution in [0.1, 0.15) is 0 Å². The van der Waals surface area contributed by atoms with Gasteiger partial charge in [-0.2, -0.15) is 0 Å². The first-order chi connectivity index (χ1) is 30.7. The highest BCUT2D eigenvalue weighted by molar-refractivity contribution is 7.26. The number of hydrogen-bond donors (Lipinski definition) is 0. The fourth-order valence-electron chi connectivity index (χ4n) is 9.75. The van der Waals surface area contributed by atoms with Crippen LogP contribution in [0.3, 0.4) is 0 Å². The molecule has 0 spiro atoms. The Hall–Kier alpha value is -7.50. The lowest BCUT2D eigenvalue weighted by Crippen LogP contribution is -2.10. The van der Waals surface area contributed by atoms with Crippen LogP contribution < -0.4 is 4.90 Å². The van der Waals surface area contributed by atoms with Crippen LogP contribution in [-0.4, -0.2) is 4.57 Å². The van der Waals surface area contributed by atoms with Gasteiger partial charge in [0.05, 0.1) is 16.7 Å². The summed E-state index contributed by atoms with van der Waals surface area (Å²) < 4.78 is 7.64. The van der Waals surface area contributed by atoms with E-state index in [0.29, 0.717) is 0 Å². The van der Waals surface area contributed by atoms with Crippen molar-refractivity contribution in [2.75, 3.05) is 4.90 Å². The summed E-state index contributed by atoms with van der Waals surface area (Å²) in [5.41, 5.74) is 11.9. The van der Waals surface area contributed by atoms with Gasteiger partial charge in [-0.05, 0) is 88.3 Å². The van der Waals surface area contributed by atoms with Gasteiger partial charge in [0.2, 0.25) is 0 Å². The summed E-state index contributed by atoms with van der Waals surface area (Å²) in [5, 5.41) is 10.2. The zero-order valence-corrected chi connectivity index (χ0v) is 35.1. The molecular weight excluding hydrogens is 789 g/mol. The zero-order chi connectivity index (χ0) is 40.7. The van der Waals surface area contributed by atoms with Gasteiger partial charge in [-0.15, -0.1) is 22.7 Å². The van der Waals surface area contributed by atoms with Crippen molar-refractivity contribution in [3.63, 3.8) is 0 Å². The molecule has 0 N–H and O–H groups in total. The lowest BCUT2D eigenvalue weighted by atomic mass is 10.0. The fraction of sp³-hybridized carbons (Fsp3) is 0. The zero-order valence-electron chi connectivity index (χ0n) is 33.5. The molecule has 0 bridgehead atoms. The molecule has 13 rings (SSSR count). The van der Waals surface area contributed by atoms with Crippen molar-refractivity contribution in [1.29, 1.82) is 0 Å². The second-order valence-electron chi connectivity index (χ2n) is 16.0. The Balaban J connectivity index is 0.984. The Kier molecular flexibility index (Phi) is 7.99. The van der Waals surface area contributed by atoms with Crippen LogP contribution in [0.15, 0.2) is 218 Å². The molecule has 0 radical (unpaired) electrons. The van der Waals surface area contributed by atoms with Crippen molar-refractivity contribution in [3.05, 3.63) is 218 Å². The minimum atomic E-state index is 1.12. The van der Waals surface area contributed by atoms with E-state index in [1.54, 1.807) is 0 Å². The van der Waals surface area contributed by atoms with Crippen LogP contribution in [0.5, 0.6) is 0 Å². The highest BCUT2D eigenvalue weighted by Crippen LogP contribution is 2.48. The lowest BCUT2D eigenvalue weighted by molar-refractivity contribution is 1.19. The third-order valence-electron chi connectivity index (χ3n) is 12.6. The van der Waals surface area contributed by atoms with Crippen molar-refractivity contribution in [3.8, 4) is 27.9 Å². The SMILES string of the molecule is c1ccc(-c2cccc3c2sc2cc(N(c4ccc(-c5ccc6c7ccc8ccccc8c7n(-c7ccccc7)c6c5)cc4)c4cccc5sc6ccccc6c45)ccc23)cc1. The maximum absolute atomic E-state index is 2.47. The van der Waals surface area contributed by atoms with E-state index in [0.717, 1.165) is 17.1 Å². The molecule has 0 fully saturated rings. The maximum Gasteiger partial charge on any atom is 0.0619 e. The molecule has 2 nitrogen and oxygen atoms in total. The minimum Gasteiger partial charge on any atom is -0.310 e. The third-order valence-corrected chi connectivity index (χ3v) is 14.9. The van der Waals surface area contributed by atoms with Crippen molar-refractivity contribution >= 4 is 113 Å². The van der Waals surface area contributed by atoms with Gasteiger partial charge in [-0.1, -0.05) is 158 Å². The first-order valence-corrected chi connectivity index (χ1v) is 22.7. The van der Waals surface area contributed by atoms with Crippen LogP contribution in [0.2, 0.25) is 0 Å². The average molecular weight is 825 g/mol. The molecule has 0 atom stereocenters. The fourth-order valence-corrected chi connectivity index (χ4v) is 12.1. The Bertz CT molecular complexity index is 3860. The second kappa shape index (κ2) is 14.0. The highest BCUT2D eigenvalue weighted by atomic mass is 32.1. The monoisotopic (exact) mass is 824 g/mol. The summed E-state index contributed by atoms with van der Waals surface area (Å²) in [6.45, 7) is 0. The molecule has 0 amide bonds. The quantitative estimate of drug-likeness (QED) is 0.162. The molecule has 0 aliphatic heterocycles. The molecule has 0 saturated carbocycles.